The quantitative estimate of drug-likeness (QED) is 0.797. The van der Waals surface area contributed by atoms with E-state index in [0.29, 0.717) is 13.0 Å². The van der Waals surface area contributed by atoms with E-state index in [4.69, 9.17) is 0 Å². The summed E-state index contributed by atoms with van der Waals surface area (Å²) in [5.74, 6) is 0.0209. The summed E-state index contributed by atoms with van der Waals surface area (Å²) in [6.07, 6.45) is 2.37. The van der Waals surface area contributed by atoms with Crippen LogP contribution >= 0.6 is 0 Å². The maximum atomic E-state index is 12.4. The molecule has 0 bridgehead atoms. The first-order valence-corrected chi connectivity index (χ1v) is 7.45. The van der Waals surface area contributed by atoms with Crippen molar-refractivity contribution in [1.29, 1.82) is 0 Å². The molecule has 1 aliphatic heterocycles. The lowest BCUT2D eigenvalue weighted by Crippen LogP contribution is -2.46. The van der Waals surface area contributed by atoms with Gasteiger partial charge in [0.25, 0.3) is 0 Å². The van der Waals surface area contributed by atoms with Gasteiger partial charge < -0.3 is 16.0 Å². The predicted molar refractivity (Wildman–Crippen MR) is 84.2 cm³/mol. The van der Waals surface area contributed by atoms with Crippen LogP contribution < -0.4 is 16.0 Å². The van der Waals surface area contributed by atoms with Gasteiger partial charge in [0.15, 0.2) is 0 Å². The Labute approximate surface area is 125 Å². The minimum absolute atomic E-state index is 0.0208. The molecule has 114 valence electrons. The molecule has 2 rings (SSSR count). The molecule has 5 nitrogen and oxygen atoms in total. The lowest BCUT2D eigenvalue weighted by Gasteiger charge is -2.32. The van der Waals surface area contributed by atoms with Gasteiger partial charge in [-0.25, -0.2) is 0 Å². The lowest BCUT2D eigenvalue weighted by atomic mass is 9.82. The molecule has 0 radical (unpaired) electrons. The molecule has 1 saturated heterocycles. The summed E-state index contributed by atoms with van der Waals surface area (Å²) in [7, 11) is 0. The zero-order valence-electron chi connectivity index (χ0n) is 12.7. The Hall–Kier alpha value is -1.88. The number of amides is 2. The molecule has 1 fully saturated rings. The molecular formula is C16H23N3O2. The molecule has 1 aromatic carbocycles. The largest absolute Gasteiger partial charge is 0.326 e. The summed E-state index contributed by atoms with van der Waals surface area (Å²) < 4.78 is 0. The summed E-state index contributed by atoms with van der Waals surface area (Å²) in [4.78, 5) is 23.7. The number of anilines is 2. The fourth-order valence-corrected chi connectivity index (χ4v) is 2.42. The maximum absolute atomic E-state index is 12.4. The average Bonchev–Trinajstić information content (AvgIpc) is 2.50. The van der Waals surface area contributed by atoms with Crippen LogP contribution in [0.4, 0.5) is 11.4 Å². The Morgan fingerprint density at radius 2 is 1.81 bits per heavy atom. The standard InChI is InChI=1S/C16H23N3O2/c1-3-14(20)18-12-5-7-13(8-6-12)19-15(21)16(2)9-4-10-17-11-16/h5-8,17H,3-4,9-11H2,1-2H3,(H,18,20)(H,19,21). The first-order valence-electron chi connectivity index (χ1n) is 7.45. The number of hydrogen-bond donors (Lipinski definition) is 3. The van der Waals surface area contributed by atoms with Crippen molar-refractivity contribution >= 4 is 23.2 Å². The van der Waals surface area contributed by atoms with E-state index >= 15 is 0 Å². The van der Waals surface area contributed by atoms with Gasteiger partial charge in [0.05, 0.1) is 5.41 Å². The first-order chi connectivity index (χ1) is 10.0. The van der Waals surface area contributed by atoms with E-state index in [-0.39, 0.29) is 17.2 Å². The Morgan fingerprint density at radius 3 is 2.33 bits per heavy atom. The predicted octanol–water partition coefficient (Wildman–Crippen LogP) is 2.36. The van der Waals surface area contributed by atoms with E-state index in [0.717, 1.165) is 30.8 Å². The van der Waals surface area contributed by atoms with Crippen LogP contribution in [0.3, 0.4) is 0 Å². The third-order valence-corrected chi connectivity index (χ3v) is 3.89. The van der Waals surface area contributed by atoms with E-state index in [1.165, 1.54) is 0 Å². The van der Waals surface area contributed by atoms with Crippen LogP contribution in [0.15, 0.2) is 24.3 Å². The highest BCUT2D eigenvalue weighted by Crippen LogP contribution is 2.27. The van der Waals surface area contributed by atoms with Gasteiger partial charge in [-0.1, -0.05) is 6.92 Å². The minimum atomic E-state index is -0.354. The molecule has 1 aromatic rings. The maximum Gasteiger partial charge on any atom is 0.231 e. The number of piperidine rings is 1. The normalized spacial score (nSPS) is 21.6. The number of benzene rings is 1. The molecule has 21 heavy (non-hydrogen) atoms. The van der Waals surface area contributed by atoms with Crippen molar-refractivity contribution < 1.29 is 9.59 Å². The second kappa shape index (κ2) is 6.72. The number of carbonyl (C=O) groups excluding carboxylic acids is 2. The Morgan fingerprint density at radius 1 is 1.19 bits per heavy atom. The van der Waals surface area contributed by atoms with Crippen LogP contribution in [-0.2, 0) is 9.59 Å². The molecule has 3 N–H and O–H groups in total. The molecular weight excluding hydrogens is 266 g/mol. The highest BCUT2D eigenvalue weighted by atomic mass is 16.2. The smallest absolute Gasteiger partial charge is 0.231 e. The molecule has 2 amide bonds. The number of carbonyl (C=O) groups is 2. The average molecular weight is 289 g/mol. The Kier molecular flexibility index (Phi) is 4.96. The molecule has 1 aliphatic rings. The molecule has 0 aromatic heterocycles. The summed E-state index contributed by atoms with van der Waals surface area (Å²) >= 11 is 0. The Balaban J connectivity index is 1.96. The molecule has 1 unspecified atom stereocenters. The lowest BCUT2D eigenvalue weighted by molar-refractivity contribution is -0.125. The second-order valence-electron chi connectivity index (χ2n) is 5.77. The zero-order valence-corrected chi connectivity index (χ0v) is 12.7. The topological polar surface area (TPSA) is 70.2 Å². The van der Waals surface area contributed by atoms with Crippen molar-refractivity contribution in [3.8, 4) is 0 Å². The third kappa shape index (κ3) is 4.04. The van der Waals surface area contributed by atoms with E-state index < -0.39 is 0 Å². The van der Waals surface area contributed by atoms with Gasteiger partial charge >= 0.3 is 0 Å². The van der Waals surface area contributed by atoms with Gasteiger partial charge in [0.2, 0.25) is 11.8 Å². The molecule has 0 saturated carbocycles. The molecule has 0 aliphatic carbocycles. The zero-order chi connectivity index (χ0) is 15.3. The van der Waals surface area contributed by atoms with Gasteiger partial charge in [0.1, 0.15) is 0 Å². The highest BCUT2D eigenvalue weighted by Gasteiger charge is 2.34. The summed E-state index contributed by atoms with van der Waals surface area (Å²) in [5.41, 5.74) is 1.14. The second-order valence-corrected chi connectivity index (χ2v) is 5.77. The minimum Gasteiger partial charge on any atom is -0.326 e. The summed E-state index contributed by atoms with van der Waals surface area (Å²) in [5, 5.41) is 9.01. The van der Waals surface area contributed by atoms with Crippen molar-refractivity contribution in [2.75, 3.05) is 23.7 Å². The van der Waals surface area contributed by atoms with Crippen molar-refractivity contribution in [3.63, 3.8) is 0 Å². The summed E-state index contributed by atoms with van der Waals surface area (Å²) in [6.45, 7) is 5.49. The third-order valence-electron chi connectivity index (χ3n) is 3.89. The summed E-state index contributed by atoms with van der Waals surface area (Å²) in [6, 6.07) is 7.21. The number of hydrogen-bond acceptors (Lipinski definition) is 3. The van der Waals surface area contributed by atoms with Gasteiger partial charge in [-0.05, 0) is 50.6 Å². The SMILES string of the molecule is CCC(=O)Nc1ccc(NC(=O)C2(C)CCCNC2)cc1. The molecule has 5 heteroatoms. The van der Waals surface area contributed by atoms with Crippen LogP contribution in [0.5, 0.6) is 0 Å². The first kappa shape index (κ1) is 15.5. The van der Waals surface area contributed by atoms with Gasteiger partial charge in [-0.3, -0.25) is 9.59 Å². The fourth-order valence-electron chi connectivity index (χ4n) is 2.42. The van der Waals surface area contributed by atoms with Crippen LogP contribution in [0.25, 0.3) is 0 Å². The van der Waals surface area contributed by atoms with Crippen LogP contribution in [0.1, 0.15) is 33.1 Å². The van der Waals surface area contributed by atoms with Crippen molar-refractivity contribution in [1.82, 2.24) is 5.32 Å². The van der Waals surface area contributed by atoms with E-state index in [2.05, 4.69) is 16.0 Å². The highest BCUT2D eigenvalue weighted by molar-refractivity contribution is 5.96. The van der Waals surface area contributed by atoms with Crippen molar-refractivity contribution in [3.05, 3.63) is 24.3 Å². The van der Waals surface area contributed by atoms with Gasteiger partial charge in [0, 0.05) is 24.3 Å². The van der Waals surface area contributed by atoms with Crippen LogP contribution in [0.2, 0.25) is 0 Å². The van der Waals surface area contributed by atoms with Crippen molar-refractivity contribution in [2.45, 2.75) is 33.1 Å². The van der Waals surface area contributed by atoms with Crippen LogP contribution in [0, 0.1) is 5.41 Å². The number of nitrogens with one attached hydrogen (secondary N) is 3. The number of rotatable bonds is 4. The molecule has 1 atom stereocenters. The molecule has 1 heterocycles. The van der Waals surface area contributed by atoms with Crippen LogP contribution in [-0.4, -0.2) is 24.9 Å². The van der Waals surface area contributed by atoms with E-state index in [9.17, 15) is 9.59 Å². The monoisotopic (exact) mass is 289 g/mol. The van der Waals surface area contributed by atoms with E-state index in [1.807, 2.05) is 26.0 Å². The molecule has 0 spiro atoms. The Bertz CT molecular complexity index is 505. The van der Waals surface area contributed by atoms with Gasteiger partial charge in [-0.2, -0.15) is 0 Å². The fraction of sp³-hybridized carbons (Fsp3) is 0.500. The van der Waals surface area contributed by atoms with Gasteiger partial charge in [-0.15, -0.1) is 0 Å². The van der Waals surface area contributed by atoms with E-state index in [1.54, 1.807) is 12.1 Å². The van der Waals surface area contributed by atoms with Crippen molar-refractivity contribution in [2.24, 2.45) is 5.41 Å².